The van der Waals surface area contributed by atoms with Gasteiger partial charge in [-0.15, -0.1) is 0 Å². The summed E-state index contributed by atoms with van der Waals surface area (Å²) < 4.78 is 1.92. The molecule has 0 radical (unpaired) electrons. The number of nitrogens with one attached hydrogen (secondary N) is 2. The molecule has 1 saturated heterocycles. The lowest BCUT2D eigenvalue weighted by atomic mass is 9.90. The van der Waals surface area contributed by atoms with E-state index < -0.39 is 0 Å². The van der Waals surface area contributed by atoms with Crippen LogP contribution in [0.25, 0.3) is 5.65 Å². The van der Waals surface area contributed by atoms with Crippen molar-refractivity contribution in [3.05, 3.63) is 102 Å². The molecule has 0 bridgehead atoms. The second-order valence-corrected chi connectivity index (χ2v) is 7.93. The summed E-state index contributed by atoms with van der Waals surface area (Å²) in [5.41, 5.74) is 4.45. The Morgan fingerprint density at radius 1 is 0.969 bits per heavy atom. The summed E-state index contributed by atoms with van der Waals surface area (Å²) in [5.74, 6) is 0.395. The largest absolute Gasteiger partial charge is 0.337 e. The van der Waals surface area contributed by atoms with E-state index in [1.807, 2.05) is 88.4 Å². The molecule has 1 fully saturated rings. The van der Waals surface area contributed by atoms with E-state index in [1.54, 1.807) is 6.20 Å². The molecule has 160 valence electrons. The molecule has 0 saturated carbocycles. The molecule has 4 aromatic rings. The first kappa shape index (κ1) is 19.8. The molecule has 1 aliphatic heterocycles. The minimum Gasteiger partial charge on any atom is -0.337 e. The molecule has 0 aliphatic carbocycles. The lowest BCUT2D eigenvalue weighted by Gasteiger charge is -2.39. The van der Waals surface area contributed by atoms with Crippen LogP contribution < -0.4 is 10.6 Å². The minimum absolute atomic E-state index is 0.0729. The zero-order chi connectivity index (χ0) is 21.9. The number of imidazole rings is 1. The molecule has 0 spiro atoms. The van der Waals surface area contributed by atoms with Gasteiger partial charge in [-0.2, -0.15) is 0 Å². The number of rotatable bonds is 5. The van der Waals surface area contributed by atoms with Crippen molar-refractivity contribution in [1.82, 2.24) is 19.6 Å². The van der Waals surface area contributed by atoms with Crippen molar-refractivity contribution in [3.63, 3.8) is 0 Å². The van der Waals surface area contributed by atoms with E-state index in [9.17, 15) is 9.59 Å². The Morgan fingerprint density at radius 2 is 1.75 bits per heavy atom. The summed E-state index contributed by atoms with van der Waals surface area (Å²) in [6, 6.07) is 20.8. The Labute approximate surface area is 185 Å². The first-order chi connectivity index (χ1) is 15.7. The topological polar surface area (TPSA) is 78.7 Å². The lowest BCUT2D eigenvalue weighted by Crippen LogP contribution is -2.48. The number of benzene rings is 2. The van der Waals surface area contributed by atoms with Crippen LogP contribution in [0.1, 0.15) is 27.4 Å². The second-order valence-electron chi connectivity index (χ2n) is 7.93. The van der Waals surface area contributed by atoms with Crippen LogP contribution in [-0.2, 0) is 6.54 Å². The SMILES string of the molecule is O=C(NCc1ccn2ccnc2c1)Nc1ccc(C2CN(C(=O)c3ccccc3)C2)cc1. The van der Waals surface area contributed by atoms with Gasteiger partial charge in [0.15, 0.2) is 0 Å². The highest BCUT2D eigenvalue weighted by atomic mass is 16.2. The van der Waals surface area contributed by atoms with Gasteiger partial charge < -0.3 is 19.9 Å². The highest BCUT2D eigenvalue weighted by molar-refractivity contribution is 5.94. The number of fused-ring (bicyclic) bond motifs is 1. The van der Waals surface area contributed by atoms with E-state index in [1.165, 1.54) is 5.56 Å². The van der Waals surface area contributed by atoms with Crippen LogP contribution in [0.4, 0.5) is 10.5 Å². The maximum absolute atomic E-state index is 12.5. The van der Waals surface area contributed by atoms with Crippen molar-refractivity contribution in [1.29, 1.82) is 0 Å². The molecule has 2 aromatic carbocycles. The van der Waals surface area contributed by atoms with Gasteiger partial charge in [-0.1, -0.05) is 30.3 Å². The second kappa shape index (κ2) is 8.55. The third-order valence-corrected chi connectivity index (χ3v) is 5.74. The quantitative estimate of drug-likeness (QED) is 0.509. The lowest BCUT2D eigenvalue weighted by molar-refractivity contribution is 0.0602. The van der Waals surface area contributed by atoms with Crippen molar-refractivity contribution in [2.45, 2.75) is 12.5 Å². The van der Waals surface area contributed by atoms with Gasteiger partial charge in [0, 0.05) is 55.4 Å². The number of amides is 3. The van der Waals surface area contributed by atoms with E-state index in [0.29, 0.717) is 25.6 Å². The summed E-state index contributed by atoms with van der Waals surface area (Å²) in [7, 11) is 0. The Kier molecular flexibility index (Phi) is 5.29. The van der Waals surface area contributed by atoms with Crippen molar-refractivity contribution in [2.75, 3.05) is 18.4 Å². The molecule has 7 nitrogen and oxygen atoms in total. The van der Waals surface area contributed by atoms with Crippen molar-refractivity contribution >= 4 is 23.3 Å². The molecule has 32 heavy (non-hydrogen) atoms. The molecule has 3 heterocycles. The summed E-state index contributed by atoms with van der Waals surface area (Å²) >= 11 is 0. The van der Waals surface area contributed by atoms with Crippen molar-refractivity contribution < 1.29 is 9.59 Å². The average molecular weight is 425 g/mol. The van der Waals surface area contributed by atoms with E-state index in [-0.39, 0.29) is 11.9 Å². The Hall–Kier alpha value is -4.13. The molecular formula is C25H23N5O2. The summed E-state index contributed by atoms with van der Waals surface area (Å²) in [6.45, 7) is 1.84. The predicted molar refractivity (Wildman–Crippen MR) is 123 cm³/mol. The number of aromatic nitrogens is 2. The van der Waals surface area contributed by atoms with Crippen LogP contribution in [0, 0.1) is 0 Å². The van der Waals surface area contributed by atoms with E-state index >= 15 is 0 Å². The van der Waals surface area contributed by atoms with Crippen LogP contribution in [0.5, 0.6) is 0 Å². The highest BCUT2D eigenvalue weighted by Crippen LogP contribution is 2.29. The zero-order valence-electron chi connectivity index (χ0n) is 17.4. The highest BCUT2D eigenvalue weighted by Gasteiger charge is 2.32. The number of hydrogen-bond donors (Lipinski definition) is 2. The fraction of sp³-hybridized carbons (Fsp3) is 0.160. The molecule has 1 aliphatic rings. The van der Waals surface area contributed by atoms with Gasteiger partial charge in [-0.25, -0.2) is 9.78 Å². The molecule has 2 aromatic heterocycles. The number of pyridine rings is 1. The molecule has 0 unspecified atom stereocenters. The number of carbonyl (C=O) groups is 2. The van der Waals surface area contributed by atoms with Gasteiger partial charge >= 0.3 is 6.03 Å². The van der Waals surface area contributed by atoms with Gasteiger partial charge in [-0.3, -0.25) is 4.79 Å². The normalized spacial score (nSPS) is 13.6. The third-order valence-electron chi connectivity index (χ3n) is 5.74. The number of likely N-dealkylation sites (tertiary alicyclic amines) is 1. The van der Waals surface area contributed by atoms with Crippen LogP contribution in [0.15, 0.2) is 85.3 Å². The average Bonchev–Trinajstić information content (AvgIpc) is 3.26. The Bertz CT molecular complexity index is 1240. The molecule has 7 heteroatoms. The standard InChI is InChI=1S/C25H23N5O2/c31-24(20-4-2-1-3-5-20)30-16-21(17-30)19-6-8-22(9-7-19)28-25(32)27-15-18-10-12-29-13-11-26-23(29)14-18/h1-14,21H,15-17H2,(H2,27,28,32). The number of anilines is 1. The van der Waals surface area contributed by atoms with Gasteiger partial charge in [0.25, 0.3) is 5.91 Å². The first-order valence-corrected chi connectivity index (χ1v) is 10.6. The summed E-state index contributed by atoms with van der Waals surface area (Å²) in [6.07, 6.45) is 5.54. The fourth-order valence-electron chi connectivity index (χ4n) is 3.88. The van der Waals surface area contributed by atoms with E-state index in [0.717, 1.165) is 22.5 Å². The maximum atomic E-state index is 12.5. The number of nitrogens with zero attached hydrogens (tertiary/aromatic N) is 3. The van der Waals surface area contributed by atoms with Gasteiger partial charge in [0.05, 0.1) is 0 Å². The van der Waals surface area contributed by atoms with Gasteiger partial charge in [0.1, 0.15) is 5.65 Å². The molecular weight excluding hydrogens is 402 g/mol. The number of carbonyl (C=O) groups excluding carboxylic acids is 2. The molecule has 3 amide bonds. The first-order valence-electron chi connectivity index (χ1n) is 10.6. The number of urea groups is 1. The van der Waals surface area contributed by atoms with E-state index in [2.05, 4.69) is 15.6 Å². The van der Waals surface area contributed by atoms with Crippen molar-refractivity contribution in [2.24, 2.45) is 0 Å². The van der Waals surface area contributed by atoms with Crippen LogP contribution >= 0.6 is 0 Å². The van der Waals surface area contributed by atoms with Crippen LogP contribution in [0.2, 0.25) is 0 Å². The fourth-order valence-corrected chi connectivity index (χ4v) is 3.88. The molecule has 0 atom stereocenters. The Morgan fingerprint density at radius 3 is 2.53 bits per heavy atom. The number of hydrogen-bond acceptors (Lipinski definition) is 3. The van der Waals surface area contributed by atoms with Crippen LogP contribution in [-0.4, -0.2) is 39.3 Å². The summed E-state index contributed by atoms with van der Waals surface area (Å²) in [5, 5.41) is 5.73. The van der Waals surface area contributed by atoms with E-state index in [4.69, 9.17) is 0 Å². The van der Waals surface area contributed by atoms with Crippen molar-refractivity contribution in [3.8, 4) is 0 Å². The third kappa shape index (κ3) is 4.18. The summed E-state index contributed by atoms with van der Waals surface area (Å²) in [4.78, 5) is 30.8. The monoisotopic (exact) mass is 425 g/mol. The molecule has 2 N–H and O–H groups in total. The Balaban J connectivity index is 1.11. The maximum Gasteiger partial charge on any atom is 0.319 e. The smallest absolute Gasteiger partial charge is 0.319 e. The van der Waals surface area contributed by atoms with Gasteiger partial charge in [0.2, 0.25) is 0 Å². The zero-order valence-corrected chi connectivity index (χ0v) is 17.4. The predicted octanol–water partition coefficient (Wildman–Crippen LogP) is 3.90. The molecule has 5 rings (SSSR count). The minimum atomic E-state index is -0.260. The van der Waals surface area contributed by atoms with Crippen LogP contribution in [0.3, 0.4) is 0 Å². The van der Waals surface area contributed by atoms with Gasteiger partial charge in [-0.05, 0) is 47.5 Å².